The van der Waals surface area contributed by atoms with Crippen molar-refractivity contribution in [2.75, 3.05) is 6.54 Å². The number of rotatable bonds is 2. The van der Waals surface area contributed by atoms with Gasteiger partial charge in [0.2, 0.25) is 0 Å². The van der Waals surface area contributed by atoms with Crippen molar-refractivity contribution in [3.63, 3.8) is 0 Å². The molecule has 0 unspecified atom stereocenters. The van der Waals surface area contributed by atoms with Crippen molar-refractivity contribution in [2.45, 2.75) is 31.4 Å². The van der Waals surface area contributed by atoms with E-state index in [1.165, 1.54) is 31.0 Å². The van der Waals surface area contributed by atoms with Gasteiger partial charge in [0.1, 0.15) is 0 Å². The van der Waals surface area contributed by atoms with Crippen molar-refractivity contribution in [1.82, 2.24) is 5.32 Å². The van der Waals surface area contributed by atoms with Crippen LogP contribution in [0.5, 0.6) is 0 Å². The first kappa shape index (κ1) is 7.92. The maximum atomic E-state index is 10.9. The maximum absolute atomic E-state index is 10.9. The Labute approximate surface area is 65.8 Å². The lowest BCUT2D eigenvalue weighted by atomic mass is 10.0. The van der Waals surface area contributed by atoms with Crippen LogP contribution in [0.2, 0.25) is 0 Å². The van der Waals surface area contributed by atoms with Crippen molar-refractivity contribution >= 4 is 17.0 Å². The molecule has 0 aromatic heterocycles. The molecule has 58 valence electrons. The molecular formula is C7H13NOS. The average Bonchev–Trinajstić information content (AvgIpc) is 1.80. The molecule has 1 N–H and O–H groups in total. The molecule has 1 amide bonds. The average molecular weight is 159 g/mol. The first-order valence-electron chi connectivity index (χ1n) is 3.77. The van der Waals surface area contributed by atoms with E-state index >= 15 is 0 Å². The van der Waals surface area contributed by atoms with Gasteiger partial charge < -0.3 is 5.32 Å². The summed E-state index contributed by atoms with van der Waals surface area (Å²) in [6.07, 6.45) is 3.75. The van der Waals surface area contributed by atoms with E-state index in [1.807, 2.05) is 6.92 Å². The van der Waals surface area contributed by atoms with Gasteiger partial charge in [-0.3, -0.25) is 4.79 Å². The van der Waals surface area contributed by atoms with Crippen LogP contribution in [0.4, 0.5) is 4.79 Å². The second kappa shape index (κ2) is 3.86. The fraction of sp³-hybridized carbons (Fsp3) is 0.857. The van der Waals surface area contributed by atoms with Gasteiger partial charge in [0, 0.05) is 11.8 Å². The molecule has 0 atom stereocenters. The number of hydrogen-bond acceptors (Lipinski definition) is 2. The molecule has 1 rings (SSSR count). The summed E-state index contributed by atoms with van der Waals surface area (Å²) in [6.45, 7) is 2.69. The van der Waals surface area contributed by atoms with E-state index in [0.717, 1.165) is 6.54 Å². The molecule has 0 saturated heterocycles. The van der Waals surface area contributed by atoms with Gasteiger partial charge in [-0.2, -0.15) is 0 Å². The zero-order valence-corrected chi connectivity index (χ0v) is 7.04. The van der Waals surface area contributed by atoms with Gasteiger partial charge in [0.15, 0.2) is 0 Å². The standard InChI is InChI=1S/C7H13NOS/c1-2-8-7(9)10-6-4-3-5-6/h6H,2-5H2,1H3,(H,8,9). The Hall–Kier alpha value is -0.180. The molecule has 0 radical (unpaired) electrons. The van der Waals surface area contributed by atoms with Crippen LogP contribution in [-0.4, -0.2) is 17.0 Å². The largest absolute Gasteiger partial charge is 0.347 e. The first-order chi connectivity index (χ1) is 4.83. The molecule has 2 nitrogen and oxygen atoms in total. The quantitative estimate of drug-likeness (QED) is 0.667. The lowest BCUT2D eigenvalue weighted by molar-refractivity contribution is 0.261. The molecule has 0 aliphatic heterocycles. The van der Waals surface area contributed by atoms with Crippen molar-refractivity contribution in [1.29, 1.82) is 0 Å². The number of amides is 1. The number of hydrogen-bond donors (Lipinski definition) is 1. The summed E-state index contributed by atoms with van der Waals surface area (Å²) < 4.78 is 0. The Morgan fingerprint density at radius 1 is 1.70 bits per heavy atom. The molecule has 1 aliphatic carbocycles. The SMILES string of the molecule is CCNC(=O)SC1CCC1. The second-order valence-electron chi connectivity index (χ2n) is 2.49. The molecule has 10 heavy (non-hydrogen) atoms. The van der Waals surface area contributed by atoms with Gasteiger partial charge in [-0.05, 0) is 19.8 Å². The summed E-state index contributed by atoms with van der Waals surface area (Å²) in [5.74, 6) is 0. The fourth-order valence-electron chi connectivity index (χ4n) is 0.826. The van der Waals surface area contributed by atoms with Crippen molar-refractivity contribution in [3.8, 4) is 0 Å². The molecule has 0 bridgehead atoms. The highest BCUT2D eigenvalue weighted by Gasteiger charge is 2.20. The van der Waals surface area contributed by atoms with Crippen molar-refractivity contribution < 1.29 is 4.79 Å². The second-order valence-corrected chi connectivity index (χ2v) is 3.76. The first-order valence-corrected chi connectivity index (χ1v) is 4.65. The minimum Gasteiger partial charge on any atom is -0.347 e. The Bertz CT molecular complexity index is 123. The lowest BCUT2D eigenvalue weighted by Gasteiger charge is -2.23. The zero-order valence-electron chi connectivity index (χ0n) is 6.22. The van der Waals surface area contributed by atoms with Gasteiger partial charge in [0.05, 0.1) is 0 Å². The highest BCUT2D eigenvalue weighted by atomic mass is 32.2. The summed E-state index contributed by atoms with van der Waals surface area (Å²) in [5, 5.41) is 3.53. The third-order valence-corrected chi connectivity index (χ3v) is 2.81. The van der Waals surface area contributed by atoms with Gasteiger partial charge in [0.25, 0.3) is 5.24 Å². The Morgan fingerprint density at radius 2 is 2.40 bits per heavy atom. The Morgan fingerprint density at radius 3 is 2.80 bits per heavy atom. The summed E-state index contributed by atoms with van der Waals surface area (Å²) in [5.41, 5.74) is 0. The van der Waals surface area contributed by atoms with E-state index in [4.69, 9.17) is 0 Å². The summed E-state index contributed by atoms with van der Waals surface area (Å²) in [6, 6.07) is 0. The number of carbonyl (C=O) groups excluding carboxylic acids is 1. The third kappa shape index (κ3) is 2.21. The molecule has 0 aromatic carbocycles. The molecule has 0 heterocycles. The van der Waals surface area contributed by atoms with Crippen molar-refractivity contribution in [2.24, 2.45) is 0 Å². The Kier molecular flexibility index (Phi) is 3.06. The predicted octanol–water partition coefficient (Wildman–Crippen LogP) is 2.00. The van der Waals surface area contributed by atoms with E-state index in [0.29, 0.717) is 5.25 Å². The van der Waals surface area contributed by atoms with Crippen LogP contribution in [0.25, 0.3) is 0 Å². The van der Waals surface area contributed by atoms with Gasteiger partial charge in [-0.1, -0.05) is 18.2 Å². The molecule has 0 aromatic rings. The molecule has 1 fully saturated rings. The summed E-state index contributed by atoms with van der Waals surface area (Å²) in [7, 11) is 0. The van der Waals surface area contributed by atoms with E-state index < -0.39 is 0 Å². The van der Waals surface area contributed by atoms with Gasteiger partial charge in [-0.25, -0.2) is 0 Å². The molecule has 1 aliphatic rings. The number of nitrogens with one attached hydrogen (secondary N) is 1. The zero-order chi connectivity index (χ0) is 7.40. The van der Waals surface area contributed by atoms with Crippen LogP contribution in [0.15, 0.2) is 0 Å². The van der Waals surface area contributed by atoms with Crippen LogP contribution >= 0.6 is 11.8 Å². The van der Waals surface area contributed by atoms with Crippen LogP contribution in [0, 0.1) is 0 Å². The van der Waals surface area contributed by atoms with Crippen molar-refractivity contribution in [3.05, 3.63) is 0 Å². The highest BCUT2D eigenvalue weighted by molar-refractivity contribution is 8.14. The normalized spacial score (nSPS) is 18.1. The molecule has 0 spiro atoms. The third-order valence-electron chi connectivity index (χ3n) is 1.65. The predicted molar refractivity (Wildman–Crippen MR) is 44.3 cm³/mol. The molecule has 3 heteroatoms. The Balaban J connectivity index is 2.05. The maximum Gasteiger partial charge on any atom is 0.279 e. The summed E-state index contributed by atoms with van der Waals surface area (Å²) in [4.78, 5) is 10.9. The minimum absolute atomic E-state index is 0.146. The minimum atomic E-state index is 0.146. The van der Waals surface area contributed by atoms with Crippen LogP contribution in [0.1, 0.15) is 26.2 Å². The van der Waals surface area contributed by atoms with E-state index in [1.54, 1.807) is 0 Å². The molecule has 1 saturated carbocycles. The monoisotopic (exact) mass is 159 g/mol. The van der Waals surface area contributed by atoms with E-state index in [-0.39, 0.29) is 5.24 Å². The van der Waals surface area contributed by atoms with Crippen LogP contribution < -0.4 is 5.32 Å². The number of thioether (sulfide) groups is 1. The molecular weight excluding hydrogens is 146 g/mol. The van der Waals surface area contributed by atoms with Gasteiger partial charge in [-0.15, -0.1) is 0 Å². The van der Waals surface area contributed by atoms with Gasteiger partial charge >= 0.3 is 0 Å². The topological polar surface area (TPSA) is 29.1 Å². The highest BCUT2D eigenvalue weighted by Crippen LogP contribution is 2.31. The fourth-order valence-corrected chi connectivity index (χ4v) is 1.93. The lowest BCUT2D eigenvalue weighted by Crippen LogP contribution is -2.23. The van der Waals surface area contributed by atoms with E-state index in [9.17, 15) is 4.79 Å². The van der Waals surface area contributed by atoms with E-state index in [2.05, 4.69) is 5.32 Å². The summed E-state index contributed by atoms with van der Waals surface area (Å²) >= 11 is 1.46. The van der Waals surface area contributed by atoms with Crippen LogP contribution in [-0.2, 0) is 0 Å². The smallest absolute Gasteiger partial charge is 0.279 e. The number of carbonyl (C=O) groups is 1. The van der Waals surface area contributed by atoms with Crippen LogP contribution in [0.3, 0.4) is 0 Å².